The standard InChI is InChI=1S/C10H18N2O2.ClH/c13-9(10(14)3-1-4-10)12-7-2-5-11-6-8-12;/h11,14H,1-8H2;1H. The van der Waals surface area contributed by atoms with Crippen LogP contribution in [0.4, 0.5) is 0 Å². The van der Waals surface area contributed by atoms with Crippen LogP contribution >= 0.6 is 12.4 Å². The Bertz CT molecular complexity index is 223. The Labute approximate surface area is 96.4 Å². The van der Waals surface area contributed by atoms with Crippen LogP contribution in [0.15, 0.2) is 0 Å². The quantitative estimate of drug-likeness (QED) is 0.679. The van der Waals surface area contributed by atoms with Crippen LogP contribution in [-0.2, 0) is 4.79 Å². The van der Waals surface area contributed by atoms with Gasteiger partial charge in [0.2, 0.25) is 0 Å². The molecular formula is C10H19ClN2O2. The number of rotatable bonds is 1. The number of nitrogens with zero attached hydrogens (tertiary/aromatic N) is 1. The summed E-state index contributed by atoms with van der Waals surface area (Å²) < 4.78 is 0. The highest BCUT2D eigenvalue weighted by atomic mass is 35.5. The van der Waals surface area contributed by atoms with E-state index < -0.39 is 5.60 Å². The number of carbonyl (C=O) groups is 1. The van der Waals surface area contributed by atoms with Gasteiger partial charge in [0, 0.05) is 19.6 Å². The molecule has 1 amide bonds. The van der Waals surface area contributed by atoms with E-state index in [1.54, 1.807) is 4.90 Å². The number of aliphatic hydroxyl groups is 1. The van der Waals surface area contributed by atoms with Crippen molar-refractivity contribution in [1.82, 2.24) is 10.2 Å². The average molecular weight is 235 g/mol. The van der Waals surface area contributed by atoms with Gasteiger partial charge in [0.05, 0.1) is 0 Å². The summed E-state index contributed by atoms with van der Waals surface area (Å²) in [6.07, 6.45) is 3.27. The smallest absolute Gasteiger partial charge is 0.254 e. The van der Waals surface area contributed by atoms with Crippen LogP contribution < -0.4 is 5.32 Å². The molecule has 0 bridgehead atoms. The SMILES string of the molecule is Cl.O=C(N1CCCNCC1)C1(O)CCC1. The van der Waals surface area contributed by atoms with Gasteiger partial charge in [-0.3, -0.25) is 4.79 Å². The third-order valence-corrected chi connectivity index (χ3v) is 3.21. The summed E-state index contributed by atoms with van der Waals surface area (Å²) in [7, 11) is 0. The summed E-state index contributed by atoms with van der Waals surface area (Å²) in [5.41, 5.74) is -1.01. The van der Waals surface area contributed by atoms with Crippen LogP contribution in [0.5, 0.6) is 0 Å². The van der Waals surface area contributed by atoms with E-state index in [0.29, 0.717) is 12.8 Å². The van der Waals surface area contributed by atoms with E-state index in [1.165, 1.54) is 0 Å². The molecule has 2 fully saturated rings. The molecule has 1 saturated carbocycles. The predicted octanol–water partition coefficient (Wildman–Crippen LogP) is 0.145. The maximum absolute atomic E-state index is 11.9. The first-order valence-electron chi connectivity index (χ1n) is 5.45. The minimum Gasteiger partial charge on any atom is -0.380 e. The Morgan fingerprint density at radius 3 is 2.53 bits per heavy atom. The Kier molecular flexibility index (Phi) is 4.37. The maximum atomic E-state index is 11.9. The number of amides is 1. The van der Waals surface area contributed by atoms with Gasteiger partial charge in [0.25, 0.3) is 5.91 Å². The molecule has 1 heterocycles. The Morgan fingerprint density at radius 2 is 1.93 bits per heavy atom. The van der Waals surface area contributed by atoms with Gasteiger partial charge in [-0.15, -0.1) is 12.4 Å². The number of hydrogen-bond donors (Lipinski definition) is 2. The monoisotopic (exact) mass is 234 g/mol. The molecule has 88 valence electrons. The molecule has 0 aromatic rings. The molecule has 0 aromatic carbocycles. The van der Waals surface area contributed by atoms with Gasteiger partial charge in [-0.2, -0.15) is 0 Å². The van der Waals surface area contributed by atoms with Crippen molar-refractivity contribution in [3.05, 3.63) is 0 Å². The van der Waals surface area contributed by atoms with E-state index in [2.05, 4.69) is 5.32 Å². The van der Waals surface area contributed by atoms with Crippen LogP contribution in [0, 0.1) is 0 Å². The molecule has 0 spiro atoms. The van der Waals surface area contributed by atoms with Gasteiger partial charge in [-0.1, -0.05) is 0 Å². The number of carbonyl (C=O) groups excluding carboxylic acids is 1. The lowest BCUT2D eigenvalue weighted by atomic mass is 9.79. The second-order valence-electron chi connectivity index (χ2n) is 4.28. The van der Waals surface area contributed by atoms with Crippen molar-refractivity contribution in [3.8, 4) is 0 Å². The first kappa shape index (κ1) is 12.7. The van der Waals surface area contributed by atoms with E-state index in [4.69, 9.17) is 0 Å². The predicted molar refractivity (Wildman–Crippen MR) is 60.1 cm³/mol. The molecule has 0 unspecified atom stereocenters. The van der Waals surface area contributed by atoms with E-state index in [-0.39, 0.29) is 18.3 Å². The second kappa shape index (κ2) is 5.14. The van der Waals surface area contributed by atoms with Crippen LogP contribution in [0.2, 0.25) is 0 Å². The van der Waals surface area contributed by atoms with Crippen molar-refractivity contribution in [2.24, 2.45) is 0 Å². The minimum atomic E-state index is -1.01. The van der Waals surface area contributed by atoms with Crippen LogP contribution in [0.1, 0.15) is 25.7 Å². The Hall–Kier alpha value is -0.320. The van der Waals surface area contributed by atoms with E-state index in [9.17, 15) is 9.90 Å². The molecule has 0 aromatic heterocycles. The Morgan fingerprint density at radius 1 is 1.20 bits per heavy atom. The highest BCUT2D eigenvalue weighted by molar-refractivity contribution is 5.86. The molecule has 1 aliphatic carbocycles. The molecule has 2 rings (SSSR count). The van der Waals surface area contributed by atoms with Crippen molar-refractivity contribution in [2.45, 2.75) is 31.3 Å². The number of halogens is 1. The van der Waals surface area contributed by atoms with E-state index in [1.807, 2.05) is 0 Å². The lowest BCUT2D eigenvalue weighted by molar-refractivity contribution is -0.160. The molecule has 0 atom stereocenters. The number of hydrogen-bond acceptors (Lipinski definition) is 3. The maximum Gasteiger partial charge on any atom is 0.254 e. The summed E-state index contributed by atoms with van der Waals surface area (Å²) in [6, 6.07) is 0. The van der Waals surface area contributed by atoms with Gasteiger partial charge < -0.3 is 15.3 Å². The lowest BCUT2D eigenvalue weighted by Gasteiger charge is -2.38. The zero-order valence-corrected chi connectivity index (χ0v) is 9.68. The van der Waals surface area contributed by atoms with Crippen LogP contribution in [0.3, 0.4) is 0 Å². The third-order valence-electron chi connectivity index (χ3n) is 3.21. The fourth-order valence-corrected chi connectivity index (χ4v) is 2.07. The van der Waals surface area contributed by atoms with Crippen molar-refractivity contribution < 1.29 is 9.90 Å². The van der Waals surface area contributed by atoms with E-state index >= 15 is 0 Å². The van der Waals surface area contributed by atoms with Crippen LogP contribution in [0.25, 0.3) is 0 Å². The van der Waals surface area contributed by atoms with Gasteiger partial charge in [0.15, 0.2) is 0 Å². The summed E-state index contributed by atoms with van der Waals surface area (Å²) >= 11 is 0. The first-order valence-corrected chi connectivity index (χ1v) is 5.45. The molecule has 4 nitrogen and oxygen atoms in total. The zero-order valence-electron chi connectivity index (χ0n) is 8.87. The third kappa shape index (κ3) is 2.62. The Balaban J connectivity index is 0.00000112. The first-order chi connectivity index (χ1) is 6.72. The molecule has 15 heavy (non-hydrogen) atoms. The molecule has 0 radical (unpaired) electrons. The summed E-state index contributed by atoms with van der Waals surface area (Å²) in [5.74, 6) is -0.0487. The van der Waals surface area contributed by atoms with E-state index in [0.717, 1.165) is 39.0 Å². The largest absolute Gasteiger partial charge is 0.380 e. The van der Waals surface area contributed by atoms with Crippen LogP contribution in [-0.4, -0.2) is 47.7 Å². The van der Waals surface area contributed by atoms with Gasteiger partial charge >= 0.3 is 0 Å². The minimum absolute atomic E-state index is 0. The molecule has 2 N–H and O–H groups in total. The summed E-state index contributed by atoms with van der Waals surface area (Å²) in [5, 5.41) is 13.2. The highest BCUT2D eigenvalue weighted by Gasteiger charge is 2.44. The summed E-state index contributed by atoms with van der Waals surface area (Å²) in [4.78, 5) is 13.7. The van der Waals surface area contributed by atoms with Gasteiger partial charge in [0.1, 0.15) is 5.60 Å². The normalized spacial score (nSPS) is 24.7. The fourth-order valence-electron chi connectivity index (χ4n) is 2.07. The average Bonchev–Trinajstić information content (AvgIpc) is 2.41. The van der Waals surface area contributed by atoms with Gasteiger partial charge in [-0.05, 0) is 32.2 Å². The lowest BCUT2D eigenvalue weighted by Crippen LogP contribution is -2.53. The molecule has 1 saturated heterocycles. The highest BCUT2D eigenvalue weighted by Crippen LogP contribution is 2.33. The van der Waals surface area contributed by atoms with Crippen molar-refractivity contribution in [2.75, 3.05) is 26.2 Å². The topological polar surface area (TPSA) is 52.6 Å². The van der Waals surface area contributed by atoms with Crippen molar-refractivity contribution in [1.29, 1.82) is 0 Å². The number of nitrogens with one attached hydrogen (secondary N) is 1. The van der Waals surface area contributed by atoms with Gasteiger partial charge in [-0.25, -0.2) is 0 Å². The van der Waals surface area contributed by atoms with Crippen molar-refractivity contribution >= 4 is 18.3 Å². The van der Waals surface area contributed by atoms with Crippen molar-refractivity contribution in [3.63, 3.8) is 0 Å². The second-order valence-corrected chi connectivity index (χ2v) is 4.28. The summed E-state index contributed by atoms with van der Waals surface area (Å²) in [6.45, 7) is 3.35. The zero-order chi connectivity index (χ0) is 10.0. The molecule has 1 aliphatic heterocycles. The molecule has 5 heteroatoms. The molecular weight excluding hydrogens is 216 g/mol. The molecule has 2 aliphatic rings. The fraction of sp³-hybridized carbons (Fsp3) is 0.900.